The first kappa shape index (κ1) is 12.2. The second kappa shape index (κ2) is 9.32. The monoisotopic (exact) mass is 187 g/mol. The summed E-state index contributed by atoms with van der Waals surface area (Å²) in [6.07, 6.45) is 3.43. The number of urea groups is 1. The van der Waals surface area contributed by atoms with E-state index in [2.05, 4.69) is 22.9 Å². The number of carbonyl (C=O) groups is 1. The van der Waals surface area contributed by atoms with Gasteiger partial charge in [-0.1, -0.05) is 13.3 Å². The van der Waals surface area contributed by atoms with Gasteiger partial charge in [-0.15, -0.1) is 0 Å². The number of nitrogens with one attached hydrogen (secondary N) is 3. The van der Waals surface area contributed by atoms with Crippen LogP contribution in [0.2, 0.25) is 0 Å². The molecular weight excluding hydrogens is 166 g/mol. The third kappa shape index (κ3) is 9.14. The van der Waals surface area contributed by atoms with Crippen molar-refractivity contribution in [2.75, 3.05) is 26.7 Å². The van der Waals surface area contributed by atoms with E-state index in [1.165, 1.54) is 12.8 Å². The molecule has 4 heteroatoms. The molecule has 2 amide bonds. The van der Waals surface area contributed by atoms with Crippen molar-refractivity contribution in [1.82, 2.24) is 16.0 Å². The van der Waals surface area contributed by atoms with Crippen molar-refractivity contribution in [2.45, 2.75) is 26.2 Å². The van der Waals surface area contributed by atoms with E-state index < -0.39 is 0 Å². The third-order valence-electron chi connectivity index (χ3n) is 1.75. The molecule has 0 aromatic carbocycles. The Hall–Kier alpha value is -0.770. The van der Waals surface area contributed by atoms with E-state index in [0.29, 0.717) is 0 Å². The maximum atomic E-state index is 10.7. The Morgan fingerprint density at radius 3 is 2.46 bits per heavy atom. The summed E-state index contributed by atoms with van der Waals surface area (Å²) in [5, 5.41) is 8.55. The zero-order valence-corrected chi connectivity index (χ0v) is 8.65. The highest BCUT2D eigenvalue weighted by molar-refractivity contribution is 5.73. The molecule has 4 nitrogen and oxygen atoms in total. The molecule has 0 saturated carbocycles. The number of amides is 2. The van der Waals surface area contributed by atoms with E-state index in [0.717, 1.165) is 26.1 Å². The Labute approximate surface area is 80.5 Å². The average Bonchev–Trinajstić information content (AvgIpc) is 2.16. The highest BCUT2D eigenvalue weighted by Gasteiger charge is 1.93. The average molecular weight is 187 g/mol. The van der Waals surface area contributed by atoms with Crippen LogP contribution in [-0.4, -0.2) is 32.7 Å². The predicted molar refractivity (Wildman–Crippen MR) is 54.9 cm³/mol. The predicted octanol–water partition coefficient (Wildman–Crippen LogP) is 0.695. The highest BCUT2D eigenvalue weighted by atomic mass is 16.2. The fraction of sp³-hybridized carbons (Fsp3) is 0.889. The topological polar surface area (TPSA) is 53.2 Å². The fourth-order valence-electron chi connectivity index (χ4n) is 0.930. The van der Waals surface area contributed by atoms with Crippen molar-refractivity contribution < 1.29 is 4.79 Å². The van der Waals surface area contributed by atoms with Gasteiger partial charge in [0.05, 0.1) is 0 Å². The lowest BCUT2D eigenvalue weighted by molar-refractivity contribution is 0.243. The molecule has 0 rings (SSSR count). The van der Waals surface area contributed by atoms with Gasteiger partial charge in [0.2, 0.25) is 0 Å². The normalized spacial score (nSPS) is 9.69. The van der Waals surface area contributed by atoms with Crippen LogP contribution in [0.25, 0.3) is 0 Å². The smallest absolute Gasteiger partial charge is 0.314 e. The van der Waals surface area contributed by atoms with Gasteiger partial charge >= 0.3 is 6.03 Å². The van der Waals surface area contributed by atoms with E-state index in [1.807, 2.05) is 0 Å². The number of unbranched alkanes of at least 4 members (excludes halogenated alkanes) is 1. The summed E-state index contributed by atoms with van der Waals surface area (Å²) in [6.45, 7) is 4.97. The molecule has 78 valence electrons. The third-order valence-corrected chi connectivity index (χ3v) is 1.75. The first-order chi connectivity index (χ1) is 6.31. The zero-order chi connectivity index (χ0) is 9.94. The second-order valence-electron chi connectivity index (χ2n) is 2.96. The molecule has 0 fully saturated rings. The van der Waals surface area contributed by atoms with E-state index in [9.17, 15) is 4.79 Å². The van der Waals surface area contributed by atoms with Gasteiger partial charge in [0, 0.05) is 13.6 Å². The summed E-state index contributed by atoms with van der Waals surface area (Å²) >= 11 is 0. The van der Waals surface area contributed by atoms with Gasteiger partial charge in [-0.25, -0.2) is 4.79 Å². The Balaban J connectivity index is 2.95. The molecule has 0 aliphatic carbocycles. The van der Waals surface area contributed by atoms with E-state index in [4.69, 9.17) is 0 Å². The molecule has 0 radical (unpaired) electrons. The van der Waals surface area contributed by atoms with E-state index in [-0.39, 0.29) is 6.03 Å². The van der Waals surface area contributed by atoms with Crippen molar-refractivity contribution in [3.63, 3.8) is 0 Å². The summed E-state index contributed by atoms with van der Waals surface area (Å²) in [5.74, 6) is 0. The van der Waals surface area contributed by atoms with Gasteiger partial charge in [-0.3, -0.25) is 0 Å². The Bertz CT molecular complexity index is 128. The molecule has 0 bridgehead atoms. The van der Waals surface area contributed by atoms with Crippen molar-refractivity contribution in [1.29, 1.82) is 0 Å². The summed E-state index contributed by atoms with van der Waals surface area (Å²) < 4.78 is 0. The minimum absolute atomic E-state index is 0.103. The molecule has 3 N–H and O–H groups in total. The van der Waals surface area contributed by atoms with Gasteiger partial charge < -0.3 is 16.0 Å². The molecule has 0 spiro atoms. The van der Waals surface area contributed by atoms with Crippen molar-refractivity contribution in [2.24, 2.45) is 0 Å². The van der Waals surface area contributed by atoms with Crippen LogP contribution < -0.4 is 16.0 Å². The molecule has 13 heavy (non-hydrogen) atoms. The van der Waals surface area contributed by atoms with Gasteiger partial charge in [-0.05, 0) is 25.9 Å². The summed E-state index contributed by atoms with van der Waals surface area (Å²) in [5.41, 5.74) is 0. The molecule has 0 aromatic heterocycles. The number of rotatable bonds is 7. The summed E-state index contributed by atoms with van der Waals surface area (Å²) in [6, 6.07) is -0.103. The van der Waals surface area contributed by atoms with Gasteiger partial charge in [0.1, 0.15) is 0 Å². The molecule has 0 aliphatic rings. The maximum Gasteiger partial charge on any atom is 0.314 e. The number of carbonyl (C=O) groups excluding carboxylic acids is 1. The van der Waals surface area contributed by atoms with Crippen LogP contribution in [-0.2, 0) is 0 Å². The Morgan fingerprint density at radius 2 is 1.85 bits per heavy atom. The van der Waals surface area contributed by atoms with E-state index >= 15 is 0 Å². The minimum atomic E-state index is -0.103. The van der Waals surface area contributed by atoms with Crippen LogP contribution in [0.15, 0.2) is 0 Å². The lowest BCUT2D eigenvalue weighted by Crippen LogP contribution is -2.34. The van der Waals surface area contributed by atoms with Gasteiger partial charge in [0.25, 0.3) is 0 Å². The quantitative estimate of drug-likeness (QED) is 0.514. The lowest BCUT2D eigenvalue weighted by atomic mass is 10.3. The van der Waals surface area contributed by atoms with Gasteiger partial charge in [0.15, 0.2) is 0 Å². The molecular formula is C9H21N3O. The minimum Gasteiger partial charge on any atom is -0.341 e. The van der Waals surface area contributed by atoms with Crippen LogP contribution in [0.5, 0.6) is 0 Å². The first-order valence-electron chi connectivity index (χ1n) is 4.97. The first-order valence-corrected chi connectivity index (χ1v) is 4.97. The number of hydrogen-bond donors (Lipinski definition) is 3. The standard InChI is InChI=1S/C9H21N3O/c1-3-4-6-11-7-5-8-12-9(13)10-2/h11H,3-8H2,1-2H3,(H2,10,12,13). The molecule has 0 heterocycles. The molecule has 0 atom stereocenters. The highest BCUT2D eigenvalue weighted by Crippen LogP contribution is 1.82. The van der Waals surface area contributed by atoms with Crippen molar-refractivity contribution in [3.05, 3.63) is 0 Å². The summed E-state index contributed by atoms with van der Waals surface area (Å²) in [7, 11) is 1.62. The van der Waals surface area contributed by atoms with Crippen LogP contribution in [0, 0.1) is 0 Å². The Morgan fingerprint density at radius 1 is 1.15 bits per heavy atom. The molecule has 0 aromatic rings. The van der Waals surface area contributed by atoms with Gasteiger partial charge in [-0.2, -0.15) is 0 Å². The molecule has 0 aliphatic heterocycles. The number of hydrogen-bond acceptors (Lipinski definition) is 2. The van der Waals surface area contributed by atoms with Crippen molar-refractivity contribution >= 4 is 6.03 Å². The lowest BCUT2D eigenvalue weighted by Gasteiger charge is -2.05. The zero-order valence-electron chi connectivity index (χ0n) is 8.65. The molecule has 0 unspecified atom stereocenters. The molecule has 0 saturated heterocycles. The van der Waals surface area contributed by atoms with Crippen LogP contribution >= 0.6 is 0 Å². The SMILES string of the molecule is CCCCNCCCNC(=O)NC. The Kier molecular flexibility index (Phi) is 8.77. The van der Waals surface area contributed by atoms with E-state index in [1.54, 1.807) is 7.05 Å². The van der Waals surface area contributed by atoms with Crippen LogP contribution in [0.4, 0.5) is 4.79 Å². The maximum absolute atomic E-state index is 10.7. The summed E-state index contributed by atoms with van der Waals surface area (Å²) in [4.78, 5) is 10.7. The fourth-order valence-corrected chi connectivity index (χ4v) is 0.930. The second-order valence-corrected chi connectivity index (χ2v) is 2.96. The largest absolute Gasteiger partial charge is 0.341 e. The van der Waals surface area contributed by atoms with Crippen LogP contribution in [0.3, 0.4) is 0 Å². The van der Waals surface area contributed by atoms with Crippen molar-refractivity contribution in [3.8, 4) is 0 Å². The van der Waals surface area contributed by atoms with Crippen LogP contribution in [0.1, 0.15) is 26.2 Å².